The molecule has 2 unspecified atom stereocenters. The Bertz CT molecular complexity index is 410. The lowest BCUT2D eigenvalue weighted by atomic mass is 10.0. The van der Waals surface area contributed by atoms with Gasteiger partial charge in [-0.1, -0.05) is 41.1 Å². The summed E-state index contributed by atoms with van der Waals surface area (Å²) in [6.45, 7) is 9.68. The fraction of sp³-hybridized carbons (Fsp3) is 0.600. The maximum Gasteiger partial charge on any atom is 0.0482 e. The minimum absolute atomic E-state index is 0.317. The van der Waals surface area contributed by atoms with Crippen LogP contribution in [0.2, 0.25) is 0 Å². The largest absolute Gasteiger partial charge is 0.329 e. The lowest BCUT2D eigenvalue weighted by molar-refractivity contribution is 0.0605. The third-order valence-electron chi connectivity index (χ3n) is 4.13. The highest BCUT2D eigenvalue weighted by Gasteiger charge is 2.28. The normalized spacial score (nSPS) is 23.5. The predicted molar refractivity (Wildman–Crippen MR) is 84.2 cm³/mol. The van der Waals surface area contributed by atoms with Gasteiger partial charge in [-0.15, -0.1) is 0 Å². The van der Waals surface area contributed by atoms with Gasteiger partial charge in [-0.2, -0.15) is 0 Å². The Morgan fingerprint density at radius 1 is 1.37 bits per heavy atom. The highest BCUT2D eigenvalue weighted by atomic mass is 79.9. The zero-order valence-corrected chi connectivity index (χ0v) is 13.4. The van der Waals surface area contributed by atoms with Crippen LogP contribution in [0.3, 0.4) is 0 Å². The first kappa shape index (κ1) is 15.0. The summed E-state index contributed by atoms with van der Waals surface area (Å²) >= 11 is 3.65. The van der Waals surface area contributed by atoms with Crippen LogP contribution < -0.4 is 5.73 Å². The van der Waals surface area contributed by atoms with Crippen LogP contribution in [0, 0.1) is 0 Å². The van der Waals surface area contributed by atoms with Gasteiger partial charge in [-0.05, 0) is 25.1 Å². The zero-order valence-electron chi connectivity index (χ0n) is 11.8. The molecule has 0 amide bonds. The van der Waals surface area contributed by atoms with E-state index in [1.54, 1.807) is 0 Å². The maximum atomic E-state index is 6.04. The highest BCUT2D eigenvalue weighted by molar-refractivity contribution is 9.10. The van der Waals surface area contributed by atoms with Gasteiger partial charge in [-0.3, -0.25) is 9.80 Å². The van der Waals surface area contributed by atoms with Crippen LogP contribution in [0.1, 0.15) is 25.5 Å². The summed E-state index contributed by atoms with van der Waals surface area (Å²) in [6.07, 6.45) is 0. The number of likely N-dealkylation sites (N-methyl/N-ethyl adjacent to an activating group) is 1. The lowest BCUT2D eigenvalue weighted by Crippen LogP contribution is -2.53. The van der Waals surface area contributed by atoms with Crippen molar-refractivity contribution in [3.8, 4) is 0 Å². The van der Waals surface area contributed by atoms with Crippen LogP contribution in [0.4, 0.5) is 0 Å². The summed E-state index contributed by atoms with van der Waals surface area (Å²) in [7, 11) is 0. The summed E-state index contributed by atoms with van der Waals surface area (Å²) in [5.74, 6) is 0. The van der Waals surface area contributed by atoms with Gasteiger partial charge in [0.05, 0.1) is 0 Å². The molecule has 0 saturated carbocycles. The average molecular weight is 326 g/mol. The van der Waals surface area contributed by atoms with Crippen molar-refractivity contribution in [2.45, 2.75) is 25.9 Å². The SMILES string of the molecule is CCN1CCN(C(CN)c2ccccc2Br)CC1C. The summed E-state index contributed by atoms with van der Waals surface area (Å²) in [5.41, 5.74) is 7.35. The van der Waals surface area contributed by atoms with Crippen LogP contribution in [-0.2, 0) is 0 Å². The minimum Gasteiger partial charge on any atom is -0.329 e. The molecule has 0 aromatic heterocycles. The van der Waals surface area contributed by atoms with E-state index in [0.29, 0.717) is 18.6 Å². The molecule has 1 aliphatic rings. The standard InChI is InChI=1S/C15H24BrN3/c1-3-18-8-9-19(11-12(18)2)15(10-17)13-6-4-5-7-14(13)16/h4-7,12,15H,3,8-11,17H2,1-2H3. The van der Waals surface area contributed by atoms with Gasteiger partial charge in [0, 0.05) is 42.7 Å². The smallest absolute Gasteiger partial charge is 0.0482 e. The summed E-state index contributed by atoms with van der Waals surface area (Å²) in [4.78, 5) is 5.06. The van der Waals surface area contributed by atoms with Gasteiger partial charge in [-0.25, -0.2) is 0 Å². The summed E-state index contributed by atoms with van der Waals surface area (Å²) in [6, 6.07) is 9.35. The van der Waals surface area contributed by atoms with Crippen molar-refractivity contribution >= 4 is 15.9 Å². The van der Waals surface area contributed by atoms with E-state index in [1.807, 2.05) is 0 Å². The molecular formula is C15H24BrN3. The number of rotatable bonds is 4. The van der Waals surface area contributed by atoms with Gasteiger partial charge < -0.3 is 5.73 Å². The Balaban J connectivity index is 2.13. The van der Waals surface area contributed by atoms with Crippen LogP contribution in [-0.4, -0.2) is 48.6 Å². The molecule has 1 aromatic carbocycles. The Kier molecular flexibility index (Phi) is 5.39. The quantitative estimate of drug-likeness (QED) is 0.923. The molecule has 1 heterocycles. The lowest BCUT2D eigenvalue weighted by Gasteiger charge is -2.43. The number of benzene rings is 1. The van der Waals surface area contributed by atoms with Gasteiger partial charge in [0.25, 0.3) is 0 Å². The van der Waals surface area contributed by atoms with Crippen molar-refractivity contribution < 1.29 is 0 Å². The molecule has 0 radical (unpaired) electrons. The summed E-state index contributed by atoms with van der Waals surface area (Å²) < 4.78 is 1.16. The molecule has 2 rings (SSSR count). The molecule has 0 spiro atoms. The molecule has 2 N–H and O–H groups in total. The molecule has 4 heteroatoms. The number of halogens is 1. The molecule has 1 fully saturated rings. The molecule has 1 saturated heterocycles. The second-order valence-electron chi connectivity index (χ2n) is 5.25. The van der Waals surface area contributed by atoms with Crippen molar-refractivity contribution in [3.05, 3.63) is 34.3 Å². The zero-order chi connectivity index (χ0) is 13.8. The van der Waals surface area contributed by atoms with E-state index in [9.17, 15) is 0 Å². The Labute approximate surface area is 124 Å². The highest BCUT2D eigenvalue weighted by Crippen LogP contribution is 2.28. The Hall–Kier alpha value is -0.420. The second-order valence-corrected chi connectivity index (χ2v) is 6.10. The molecular weight excluding hydrogens is 302 g/mol. The molecule has 1 aliphatic heterocycles. The topological polar surface area (TPSA) is 32.5 Å². The van der Waals surface area contributed by atoms with Crippen molar-refractivity contribution in [2.75, 3.05) is 32.7 Å². The van der Waals surface area contributed by atoms with Gasteiger partial charge >= 0.3 is 0 Å². The van der Waals surface area contributed by atoms with Gasteiger partial charge in [0.2, 0.25) is 0 Å². The molecule has 1 aromatic rings. The fourth-order valence-corrected chi connectivity index (χ4v) is 3.54. The van der Waals surface area contributed by atoms with E-state index in [1.165, 1.54) is 5.56 Å². The van der Waals surface area contributed by atoms with E-state index in [-0.39, 0.29) is 0 Å². The van der Waals surface area contributed by atoms with Crippen LogP contribution in [0.5, 0.6) is 0 Å². The number of nitrogens with zero attached hydrogens (tertiary/aromatic N) is 2. The first-order valence-electron chi connectivity index (χ1n) is 7.10. The third-order valence-corrected chi connectivity index (χ3v) is 4.85. The van der Waals surface area contributed by atoms with E-state index in [0.717, 1.165) is 30.7 Å². The molecule has 0 bridgehead atoms. The number of hydrogen-bond acceptors (Lipinski definition) is 3. The van der Waals surface area contributed by atoms with Crippen LogP contribution >= 0.6 is 15.9 Å². The number of nitrogens with two attached hydrogens (primary N) is 1. The molecule has 3 nitrogen and oxygen atoms in total. The average Bonchev–Trinajstić information content (AvgIpc) is 2.42. The van der Waals surface area contributed by atoms with Gasteiger partial charge in [0.15, 0.2) is 0 Å². The van der Waals surface area contributed by atoms with Crippen molar-refractivity contribution in [2.24, 2.45) is 5.73 Å². The number of piperazine rings is 1. The van der Waals surface area contributed by atoms with Crippen molar-refractivity contribution in [1.82, 2.24) is 9.80 Å². The van der Waals surface area contributed by atoms with E-state index < -0.39 is 0 Å². The molecule has 2 atom stereocenters. The van der Waals surface area contributed by atoms with E-state index in [4.69, 9.17) is 5.73 Å². The van der Waals surface area contributed by atoms with E-state index in [2.05, 4.69) is 63.8 Å². The predicted octanol–water partition coefficient (Wildman–Crippen LogP) is 2.47. The minimum atomic E-state index is 0.317. The van der Waals surface area contributed by atoms with Crippen LogP contribution in [0.25, 0.3) is 0 Å². The van der Waals surface area contributed by atoms with Crippen LogP contribution in [0.15, 0.2) is 28.7 Å². The van der Waals surface area contributed by atoms with Crippen molar-refractivity contribution in [3.63, 3.8) is 0 Å². The second kappa shape index (κ2) is 6.84. The first-order valence-corrected chi connectivity index (χ1v) is 7.89. The first-order chi connectivity index (χ1) is 9.17. The summed E-state index contributed by atoms with van der Waals surface area (Å²) in [5, 5.41) is 0. The molecule has 106 valence electrons. The number of hydrogen-bond donors (Lipinski definition) is 1. The Morgan fingerprint density at radius 3 is 2.68 bits per heavy atom. The Morgan fingerprint density at radius 2 is 2.11 bits per heavy atom. The molecule has 0 aliphatic carbocycles. The van der Waals surface area contributed by atoms with Crippen molar-refractivity contribution in [1.29, 1.82) is 0 Å². The molecule has 19 heavy (non-hydrogen) atoms. The van der Waals surface area contributed by atoms with Gasteiger partial charge in [0.1, 0.15) is 0 Å². The third kappa shape index (κ3) is 3.37. The fourth-order valence-electron chi connectivity index (χ4n) is 2.99. The van der Waals surface area contributed by atoms with E-state index >= 15 is 0 Å². The monoisotopic (exact) mass is 325 g/mol. The maximum absolute atomic E-state index is 6.04.